The van der Waals surface area contributed by atoms with Crippen molar-refractivity contribution in [1.29, 1.82) is 0 Å². The van der Waals surface area contributed by atoms with Crippen molar-refractivity contribution in [3.63, 3.8) is 0 Å². The molecule has 1 saturated heterocycles. The van der Waals surface area contributed by atoms with E-state index < -0.39 is 5.82 Å². The second-order valence-electron chi connectivity index (χ2n) is 7.05. The molecule has 8 nitrogen and oxygen atoms in total. The molecule has 1 aliphatic rings. The summed E-state index contributed by atoms with van der Waals surface area (Å²) >= 11 is 5.75. The fourth-order valence-corrected chi connectivity index (χ4v) is 3.31. The van der Waals surface area contributed by atoms with Crippen LogP contribution in [0.3, 0.4) is 0 Å². The van der Waals surface area contributed by atoms with Crippen LogP contribution in [-0.4, -0.2) is 47.6 Å². The van der Waals surface area contributed by atoms with Gasteiger partial charge in [0.2, 0.25) is 11.9 Å². The molecule has 0 bridgehead atoms. The summed E-state index contributed by atoms with van der Waals surface area (Å²) < 4.78 is 19.4. The zero-order valence-corrected chi connectivity index (χ0v) is 17.4. The van der Waals surface area contributed by atoms with Gasteiger partial charge in [0.25, 0.3) is 5.91 Å². The summed E-state index contributed by atoms with van der Waals surface area (Å²) in [7, 11) is 1.58. The van der Waals surface area contributed by atoms with Crippen LogP contribution in [0.4, 0.5) is 22.0 Å². The van der Waals surface area contributed by atoms with Crippen molar-refractivity contribution in [3.8, 4) is 5.75 Å². The van der Waals surface area contributed by atoms with Gasteiger partial charge in [-0.25, -0.2) is 14.4 Å². The van der Waals surface area contributed by atoms with Gasteiger partial charge in [-0.1, -0.05) is 17.7 Å². The molecular formula is C21H20ClFN6O2. The molecule has 0 spiro atoms. The largest absolute Gasteiger partial charge is 0.490 e. The third-order valence-electron chi connectivity index (χ3n) is 4.78. The number of nitrogens with one attached hydrogen (secondary N) is 2. The number of halogens is 2. The van der Waals surface area contributed by atoms with Gasteiger partial charge in [-0.2, -0.15) is 4.98 Å². The Balaban J connectivity index is 1.33. The van der Waals surface area contributed by atoms with E-state index in [0.717, 1.165) is 0 Å². The molecule has 31 heavy (non-hydrogen) atoms. The lowest BCUT2D eigenvalue weighted by Crippen LogP contribution is -2.50. The van der Waals surface area contributed by atoms with Crippen molar-refractivity contribution in [1.82, 2.24) is 20.3 Å². The van der Waals surface area contributed by atoms with E-state index in [4.69, 9.17) is 16.3 Å². The Morgan fingerprint density at radius 1 is 1.26 bits per heavy atom. The maximum absolute atomic E-state index is 13.8. The summed E-state index contributed by atoms with van der Waals surface area (Å²) in [5, 5.41) is 6.01. The second-order valence-corrected chi connectivity index (χ2v) is 7.49. The fraction of sp³-hybridized carbons (Fsp3) is 0.238. The molecule has 10 heteroatoms. The van der Waals surface area contributed by atoms with Crippen LogP contribution < -0.4 is 20.3 Å². The molecule has 0 radical (unpaired) electrons. The van der Waals surface area contributed by atoms with Crippen molar-refractivity contribution in [3.05, 3.63) is 65.2 Å². The number of nitrogens with zero attached hydrogens (tertiary/aromatic N) is 4. The standard InChI is InChI=1S/C21H20ClFN6O2/c1-24-19(30)14-3-2-4-16(7-14)27-20-25-12-26-21(28-20)29-9-13(10-29)11-31-18-6-5-15(22)8-17(18)23/h2-8,12-13H,9-11H2,1H3,(H,24,30)(H,25,26,27,28). The highest BCUT2D eigenvalue weighted by Crippen LogP contribution is 2.25. The molecule has 1 aromatic heterocycles. The van der Waals surface area contributed by atoms with Gasteiger partial charge in [0, 0.05) is 42.3 Å². The predicted molar refractivity (Wildman–Crippen MR) is 116 cm³/mol. The lowest BCUT2D eigenvalue weighted by molar-refractivity contribution is 0.0963. The van der Waals surface area contributed by atoms with Gasteiger partial charge >= 0.3 is 0 Å². The topological polar surface area (TPSA) is 92.3 Å². The van der Waals surface area contributed by atoms with Crippen LogP contribution in [0.1, 0.15) is 10.4 Å². The molecule has 2 N–H and O–H groups in total. The molecular weight excluding hydrogens is 423 g/mol. The van der Waals surface area contributed by atoms with E-state index in [9.17, 15) is 9.18 Å². The lowest BCUT2D eigenvalue weighted by Gasteiger charge is -2.38. The van der Waals surface area contributed by atoms with E-state index >= 15 is 0 Å². The number of amides is 1. The fourth-order valence-electron chi connectivity index (χ4n) is 3.15. The highest BCUT2D eigenvalue weighted by Gasteiger charge is 2.29. The van der Waals surface area contributed by atoms with Crippen LogP contribution >= 0.6 is 11.6 Å². The van der Waals surface area contributed by atoms with E-state index in [2.05, 4.69) is 25.6 Å². The normalized spacial score (nSPS) is 13.5. The number of aromatic nitrogens is 3. The second kappa shape index (κ2) is 9.13. The van der Waals surface area contributed by atoms with Gasteiger partial charge in [0.05, 0.1) is 6.61 Å². The molecule has 0 saturated carbocycles. The average molecular weight is 443 g/mol. The first-order valence-electron chi connectivity index (χ1n) is 9.63. The van der Waals surface area contributed by atoms with Gasteiger partial charge in [0.1, 0.15) is 6.33 Å². The Morgan fingerprint density at radius 3 is 2.87 bits per heavy atom. The van der Waals surface area contributed by atoms with Crippen LogP contribution in [-0.2, 0) is 0 Å². The quantitative estimate of drug-likeness (QED) is 0.580. The SMILES string of the molecule is CNC(=O)c1cccc(Nc2ncnc(N3CC(COc4ccc(Cl)cc4F)C3)n2)c1. The minimum absolute atomic E-state index is 0.174. The maximum atomic E-state index is 13.8. The van der Waals surface area contributed by atoms with Gasteiger partial charge in [-0.15, -0.1) is 0 Å². The highest BCUT2D eigenvalue weighted by molar-refractivity contribution is 6.30. The molecule has 1 fully saturated rings. The first kappa shape index (κ1) is 20.8. The monoisotopic (exact) mass is 442 g/mol. The van der Waals surface area contributed by atoms with Crippen molar-refractivity contribution >= 4 is 35.1 Å². The third kappa shape index (κ3) is 5.00. The number of rotatable bonds is 7. The number of anilines is 3. The summed E-state index contributed by atoms with van der Waals surface area (Å²) in [5.41, 5.74) is 1.22. The third-order valence-corrected chi connectivity index (χ3v) is 5.01. The smallest absolute Gasteiger partial charge is 0.251 e. The number of carbonyl (C=O) groups excluding carboxylic acids is 1. The Kier molecular flexibility index (Phi) is 6.13. The Morgan fingerprint density at radius 2 is 2.10 bits per heavy atom. The zero-order valence-electron chi connectivity index (χ0n) is 16.7. The molecule has 0 aliphatic carbocycles. The number of hydrogen-bond donors (Lipinski definition) is 2. The number of ether oxygens (including phenoxy) is 1. The van der Waals surface area contributed by atoms with Crippen molar-refractivity contribution in [2.45, 2.75) is 0 Å². The Bertz CT molecular complexity index is 1090. The molecule has 1 aliphatic heterocycles. The van der Waals surface area contributed by atoms with E-state index in [-0.39, 0.29) is 17.6 Å². The molecule has 0 atom stereocenters. The summed E-state index contributed by atoms with van der Waals surface area (Å²) in [6.45, 7) is 1.76. The summed E-state index contributed by atoms with van der Waals surface area (Å²) in [4.78, 5) is 26.6. The van der Waals surface area contributed by atoms with Crippen molar-refractivity contribution < 1.29 is 13.9 Å². The van der Waals surface area contributed by atoms with E-state index in [0.29, 0.717) is 47.9 Å². The molecule has 2 aromatic carbocycles. The van der Waals surface area contributed by atoms with Crippen molar-refractivity contribution in [2.75, 3.05) is 37.0 Å². The molecule has 0 unspecified atom stereocenters. The van der Waals surface area contributed by atoms with Crippen molar-refractivity contribution in [2.24, 2.45) is 5.92 Å². The molecule has 4 rings (SSSR count). The van der Waals surface area contributed by atoms with E-state index in [1.165, 1.54) is 18.5 Å². The van der Waals surface area contributed by atoms with E-state index in [1.807, 2.05) is 11.0 Å². The van der Waals surface area contributed by atoms with E-state index in [1.54, 1.807) is 31.3 Å². The zero-order chi connectivity index (χ0) is 21.8. The Hall–Kier alpha value is -3.46. The summed E-state index contributed by atoms with van der Waals surface area (Å²) in [5.74, 6) is 0.682. The van der Waals surface area contributed by atoms with Crippen LogP contribution in [0.2, 0.25) is 5.02 Å². The molecule has 160 valence electrons. The minimum Gasteiger partial charge on any atom is -0.490 e. The van der Waals surface area contributed by atoms with Gasteiger partial charge in [0.15, 0.2) is 11.6 Å². The number of hydrogen-bond acceptors (Lipinski definition) is 7. The van der Waals surface area contributed by atoms with Crippen LogP contribution in [0, 0.1) is 11.7 Å². The maximum Gasteiger partial charge on any atom is 0.251 e. The Labute approximate surface area is 183 Å². The number of carbonyl (C=O) groups is 1. The molecule has 3 aromatic rings. The average Bonchev–Trinajstić information content (AvgIpc) is 2.74. The summed E-state index contributed by atoms with van der Waals surface area (Å²) in [6.07, 6.45) is 1.43. The van der Waals surface area contributed by atoms with Crippen LogP contribution in [0.25, 0.3) is 0 Å². The summed E-state index contributed by atoms with van der Waals surface area (Å²) in [6, 6.07) is 11.4. The van der Waals surface area contributed by atoms with Crippen LogP contribution in [0.5, 0.6) is 5.75 Å². The van der Waals surface area contributed by atoms with Crippen LogP contribution in [0.15, 0.2) is 48.8 Å². The highest BCUT2D eigenvalue weighted by atomic mass is 35.5. The van der Waals surface area contributed by atoms with Gasteiger partial charge < -0.3 is 20.3 Å². The lowest BCUT2D eigenvalue weighted by atomic mass is 10.0. The first-order valence-corrected chi connectivity index (χ1v) is 10.0. The van der Waals surface area contributed by atoms with Gasteiger partial charge in [-0.3, -0.25) is 4.79 Å². The predicted octanol–water partition coefficient (Wildman–Crippen LogP) is 3.28. The van der Waals surface area contributed by atoms with Gasteiger partial charge in [-0.05, 0) is 36.4 Å². The first-order chi connectivity index (χ1) is 15.0. The molecule has 2 heterocycles. The minimum atomic E-state index is -0.475. The molecule has 1 amide bonds. The number of benzene rings is 2.